The molecule has 0 saturated heterocycles. The fourth-order valence-electron chi connectivity index (χ4n) is 5.41. The zero-order valence-corrected chi connectivity index (χ0v) is 105. The molecule has 0 aliphatic carbocycles. The fraction of sp³-hybridized carbons (Fsp3) is 0.300. The fourth-order valence-corrected chi connectivity index (χ4v) is 5.41. The molecule has 11 nitrogen and oxygen atoms in total. The molecule has 0 aliphatic heterocycles. The summed E-state index contributed by atoms with van der Waals surface area (Å²) >= 11 is 0. The third-order valence-corrected chi connectivity index (χ3v) is 8.68. The predicted molar refractivity (Wildman–Crippen MR) is 329 cm³/mol. The van der Waals surface area contributed by atoms with E-state index < -0.39 is 0 Å². The zero-order chi connectivity index (χ0) is 61.2. The van der Waals surface area contributed by atoms with Gasteiger partial charge >= 0.3 is 84.3 Å². The number of aryl methyl sites for hydroxylation is 17. The average molecular weight is 2870 g/mol. The van der Waals surface area contributed by atoms with Gasteiger partial charge in [0.25, 0.3) is 0 Å². The van der Waals surface area contributed by atoms with E-state index in [1.54, 1.807) is 18.3 Å². The molecule has 491 valence electrons. The molecule has 0 atom stereocenters. The van der Waals surface area contributed by atoms with Gasteiger partial charge in [0.1, 0.15) is 0 Å². The second-order valence-electron chi connectivity index (χ2n) is 16.8. The number of rotatable bonds is 0. The Hall–Kier alpha value is 8.49. The minimum atomic E-state index is 0. The third kappa shape index (κ3) is 107. The van der Waals surface area contributed by atoms with Gasteiger partial charge in [-0.1, -0.05) is 165 Å². The molecule has 10 heterocycles. The van der Waals surface area contributed by atoms with Crippen LogP contribution in [-0.2, 0) is 444 Å². The molecule has 0 unspecified atom stereocenters. The average Bonchev–Trinajstić information content (AvgIpc) is 3.42. The van der Waals surface area contributed by atoms with Crippen molar-refractivity contribution in [1.82, 2.24) is 54.8 Å². The molecule has 0 bridgehead atoms. The van der Waals surface area contributed by atoms with Gasteiger partial charge in [-0.05, 0) is 90.7 Å². The Morgan fingerprint density at radius 3 is 0.673 bits per heavy atom. The zero-order valence-electron chi connectivity index (χ0n) is 60.7. The number of pyridine rings is 8. The van der Waals surface area contributed by atoms with Crippen molar-refractivity contribution in [3.8, 4) is 0 Å². The summed E-state index contributed by atoms with van der Waals surface area (Å²) in [5, 5.41) is 0. The molecule has 0 aromatic carbocycles. The summed E-state index contributed by atoms with van der Waals surface area (Å²) in [6.07, 6.45) is 11.9. The molecule has 0 fully saturated rings. The Balaban J connectivity index is -0.0000000406. The SMILES string of the molecule is CC.CC.Cc1[c-]ccc(C)n1.Cc1[c-]ccc(C)n1.Cc1[c-]ccc(C)n1.Cc1c[c-]cc(C)n1.Cc1c[c-]cc(C)n1.Cc1c[c-]cc(C)n1.Cc1c[c-]cc(C)n1.Cc1ccc#cn1.Cc1ccc[c-]n1.Cc1cnc#cn1.[Ar].[Ar].[W+2].[W+2].[W+2].[W+2].[Y].[Y].[Y].[Y].[Y].[Y].[Y].[Y].[Y].[Y].[Y]. The smallest absolute Gasteiger partial charge is 0.391 e. The summed E-state index contributed by atoms with van der Waals surface area (Å²) in [6.45, 7) is 41.1. The largest absolute Gasteiger partial charge is 2.00 e. The second kappa shape index (κ2) is 110. The van der Waals surface area contributed by atoms with Crippen LogP contribution in [-0.4, -0.2) is 54.8 Å². The van der Waals surface area contributed by atoms with Crippen molar-refractivity contribution in [3.05, 3.63) is 292 Å². The van der Waals surface area contributed by atoms with Gasteiger partial charge in [0, 0.05) is 447 Å². The van der Waals surface area contributed by atoms with E-state index in [-0.39, 0.29) is 520 Å². The van der Waals surface area contributed by atoms with E-state index in [1.807, 2.05) is 249 Å². The summed E-state index contributed by atoms with van der Waals surface area (Å²) < 4.78 is 0. The molecule has 0 N–H and O–H groups in total. The molecule has 98 heavy (non-hydrogen) atoms. The first-order chi connectivity index (χ1) is 38.7. The quantitative estimate of drug-likeness (QED) is 0.134. The maximum absolute atomic E-state index is 4.14. The topological polar surface area (TPSA) is 142 Å². The van der Waals surface area contributed by atoms with E-state index in [0.29, 0.717) is 0 Å². The Kier molecular flexibility index (Phi) is 173. The van der Waals surface area contributed by atoms with Gasteiger partial charge in [0.2, 0.25) is 0 Å². The molecule has 0 spiro atoms. The first-order valence-electron chi connectivity index (χ1n) is 26.5. The Bertz CT molecular complexity index is 2510. The summed E-state index contributed by atoms with van der Waals surface area (Å²) in [6, 6.07) is 59.2. The molecule has 0 saturated carbocycles. The van der Waals surface area contributed by atoms with Crippen molar-refractivity contribution >= 4 is 0 Å². The standard InChI is InChI=1S/7C7H8N.C6H6N.C6H5N.C5H4N2.2C2H6.2Ar.4W.11Y/c7*1-6-4-3-5-7(2)8-6;2*1-6-4-2-3-5-7-6;1-5-4-6-2-3-7-5;2*1-2;;;;;;;;;;;;;;;;;/h4*4-5H,1-2H3;3*3-4H,1-2H3;2-4H,1H3;2,4H,1H3;4H,1H3;2*1-2H3;;;;;;;;;;;;;;;;;/q8*-1;;;;;;;4*+2;;;;;;;;;;;. The molecule has 10 rings (SSSR count). The summed E-state index contributed by atoms with van der Waals surface area (Å²) in [4.78, 5) is 44.0. The van der Waals surface area contributed by atoms with Crippen molar-refractivity contribution in [1.29, 1.82) is 0 Å². The van der Waals surface area contributed by atoms with E-state index in [9.17, 15) is 0 Å². The van der Waals surface area contributed by atoms with Gasteiger partial charge < -0.3 is 24.9 Å². The monoisotopic (exact) mass is 2870 g/mol. The Morgan fingerprint density at radius 2 is 0.561 bits per heavy atom. The maximum Gasteiger partial charge on any atom is 2.00 e. The van der Waals surface area contributed by atoms with Crippen LogP contribution in [0.15, 0.2) is 121 Å². The number of hydrogen-bond donors (Lipinski definition) is 0. The molecule has 28 heteroatoms. The number of aromatic nitrogens is 11. The van der Waals surface area contributed by atoms with E-state index in [2.05, 4.69) is 128 Å². The molecular formula is C70H83Ar2N11W4Y11. The van der Waals surface area contributed by atoms with Crippen LogP contribution in [0.4, 0.5) is 0 Å². The van der Waals surface area contributed by atoms with E-state index >= 15 is 0 Å². The van der Waals surface area contributed by atoms with E-state index in [1.165, 1.54) is 0 Å². The first-order valence-corrected chi connectivity index (χ1v) is 26.5. The van der Waals surface area contributed by atoms with Gasteiger partial charge in [0.15, 0.2) is 0 Å². The molecule has 0 amide bonds. The van der Waals surface area contributed by atoms with Gasteiger partial charge in [-0.15, -0.1) is 0 Å². The van der Waals surface area contributed by atoms with Gasteiger partial charge in [-0.25, -0.2) is 46.4 Å². The first kappa shape index (κ1) is 155. The molecule has 11 radical (unpaired) electrons. The van der Waals surface area contributed by atoms with Crippen molar-refractivity contribution in [2.75, 3.05) is 0 Å². The van der Waals surface area contributed by atoms with Gasteiger partial charge in [0.05, 0.1) is 24.3 Å². The number of nitrogens with zero attached hydrogens (tertiary/aromatic N) is 11. The minimum absolute atomic E-state index is 0. The van der Waals surface area contributed by atoms with Crippen LogP contribution in [0.1, 0.15) is 124 Å². The predicted octanol–water partition coefficient (Wildman–Crippen LogP) is 15.1. The second-order valence-corrected chi connectivity index (χ2v) is 16.8. The Morgan fingerprint density at radius 1 is 0.286 bits per heavy atom. The minimum Gasteiger partial charge on any atom is -0.391 e. The van der Waals surface area contributed by atoms with Crippen LogP contribution in [0.2, 0.25) is 0 Å². The van der Waals surface area contributed by atoms with E-state index in [0.717, 1.165) is 96.8 Å². The molecular weight excluding hydrogens is 2790 g/mol. The molecule has 10 aromatic rings. The third-order valence-electron chi connectivity index (χ3n) is 8.68. The summed E-state index contributed by atoms with van der Waals surface area (Å²) in [7, 11) is 0. The van der Waals surface area contributed by atoms with Crippen molar-refractivity contribution in [2.24, 2.45) is 0 Å². The van der Waals surface area contributed by atoms with Crippen molar-refractivity contribution in [3.63, 3.8) is 0 Å². The van der Waals surface area contributed by atoms with Crippen molar-refractivity contribution in [2.45, 2.75) is 145 Å². The van der Waals surface area contributed by atoms with Crippen LogP contribution in [0.3, 0.4) is 0 Å². The normalized spacial score (nSPS) is 7.11. The van der Waals surface area contributed by atoms with Crippen LogP contribution < -0.4 is 0 Å². The van der Waals surface area contributed by atoms with Crippen LogP contribution >= 0.6 is 0 Å². The van der Waals surface area contributed by atoms with Gasteiger partial charge in [-0.2, -0.15) is 114 Å². The van der Waals surface area contributed by atoms with Crippen LogP contribution in [0.5, 0.6) is 0 Å². The van der Waals surface area contributed by atoms with Crippen molar-refractivity contribution < 1.29 is 520 Å². The molecule has 0 aliphatic rings. The maximum atomic E-state index is 4.14. The molecule has 10 aromatic heterocycles. The summed E-state index contributed by atoms with van der Waals surface area (Å²) in [5.41, 5.74) is 17.2. The summed E-state index contributed by atoms with van der Waals surface area (Å²) in [5.74, 6) is 0. The number of hydrogen-bond acceptors (Lipinski definition) is 11. The Labute approximate surface area is 988 Å². The van der Waals surface area contributed by atoms with Gasteiger partial charge in [-0.3, -0.25) is 15.0 Å². The van der Waals surface area contributed by atoms with Crippen LogP contribution in [0.25, 0.3) is 0 Å². The van der Waals surface area contributed by atoms with Crippen LogP contribution in [0, 0.1) is 266 Å². The van der Waals surface area contributed by atoms with E-state index in [4.69, 9.17) is 0 Å².